The molecule has 3 rings (SSSR count). The average Bonchev–Trinajstić information content (AvgIpc) is 2.68. The number of hydrogen-bond donors (Lipinski definition) is 1. The van der Waals surface area contributed by atoms with Gasteiger partial charge in [-0.15, -0.1) is 0 Å². The van der Waals surface area contributed by atoms with Crippen LogP contribution in [0.4, 0.5) is 5.82 Å². The van der Waals surface area contributed by atoms with Crippen LogP contribution in [0.3, 0.4) is 0 Å². The normalized spacial score (nSPS) is 11.1. The van der Waals surface area contributed by atoms with Gasteiger partial charge in [0.25, 0.3) is 0 Å². The van der Waals surface area contributed by atoms with Crippen molar-refractivity contribution >= 4 is 22.4 Å². The molecule has 4 nitrogen and oxygen atoms in total. The van der Waals surface area contributed by atoms with Crippen molar-refractivity contribution in [1.29, 1.82) is 0 Å². The Bertz CT molecular complexity index is 669. The Labute approximate surface area is 92.9 Å². The van der Waals surface area contributed by atoms with Crippen LogP contribution in [0.2, 0.25) is 0 Å². The Morgan fingerprint density at radius 1 is 1.25 bits per heavy atom. The zero-order valence-electron chi connectivity index (χ0n) is 9.23. The first-order valence-electron chi connectivity index (χ1n) is 5.22. The van der Waals surface area contributed by atoms with Gasteiger partial charge in [0.2, 0.25) is 0 Å². The fourth-order valence-electron chi connectivity index (χ4n) is 1.97. The molecule has 0 aliphatic rings. The van der Waals surface area contributed by atoms with E-state index in [1.807, 2.05) is 42.8 Å². The highest BCUT2D eigenvalue weighted by Crippen LogP contribution is 2.22. The number of fused-ring (bicyclic) bond motifs is 3. The topological polar surface area (TPSA) is 42.2 Å². The second-order valence-corrected chi connectivity index (χ2v) is 3.78. The number of benzene rings is 1. The van der Waals surface area contributed by atoms with Crippen LogP contribution in [0, 0.1) is 6.92 Å². The molecule has 80 valence electrons. The van der Waals surface area contributed by atoms with Gasteiger partial charge in [-0.3, -0.25) is 0 Å². The van der Waals surface area contributed by atoms with Crippen molar-refractivity contribution in [2.45, 2.75) is 6.92 Å². The molecule has 1 aromatic carbocycles. The Morgan fingerprint density at radius 3 is 2.88 bits per heavy atom. The SMILES string of the molecule is CNc1nc2cc(C)nn2c2ccccc12. The minimum Gasteiger partial charge on any atom is -0.373 e. The van der Waals surface area contributed by atoms with E-state index in [1.54, 1.807) is 0 Å². The molecule has 3 aromatic rings. The maximum atomic E-state index is 4.53. The first-order chi connectivity index (χ1) is 7.79. The van der Waals surface area contributed by atoms with Crippen molar-refractivity contribution in [2.24, 2.45) is 0 Å². The highest BCUT2D eigenvalue weighted by Gasteiger charge is 2.07. The minimum atomic E-state index is 0.876. The van der Waals surface area contributed by atoms with E-state index >= 15 is 0 Å². The third-order valence-corrected chi connectivity index (χ3v) is 2.66. The van der Waals surface area contributed by atoms with Crippen LogP contribution < -0.4 is 5.32 Å². The van der Waals surface area contributed by atoms with Gasteiger partial charge in [0, 0.05) is 18.5 Å². The van der Waals surface area contributed by atoms with Crippen molar-refractivity contribution in [3.05, 3.63) is 36.0 Å². The summed E-state index contributed by atoms with van der Waals surface area (Å²) in [4.78, 5) is 4.53. The molecule has 16 heavy (non-hydrogen) atoms. The van der Waals surface area contributed by atoms with Crippen molar-refractivity contribution in [3.63, 3.8) is 0 Å². The lowest BCUT2D eigenvalue weighted by Gasteiger charge is -2.06. The second-order valence-electron chi connectivity index (χ2n) is 3.78. The Morgan fingerprint density at radius 2 is 2.06 bits per heavy atom. The number of para-hydroxylation sites is 1. The predicted octanol–water partition coefficient (Wildman–Crippen LogP) is 2.23. The zero-order chi connectivity index (χ0) is 11.1. The van der Waals surface area contributed by atoms with Crippen LogP contribution in [0.1, 0.15) is 5.69 Å². The van der Waals surface area contributed by atoms with Gasteiger partial charge in [0.05, 0.1) is 11.2 Å². The number of rotatable bonds is 1. The number of anilines is 1. The van der Waals surface area contributed by atoms with E-state index in [9.17, 15) is 0 Å². The number of nitrogens with zero attached hydrogens (tertiary/aromatic N) is 3. The predicted molar refractivity (Wildman–Crippen MR) is 64.8 cm³/mol. The van der Waals surface area contributed by atoms with Crippen LogP contribution in [0.5, 0.6) is 0 Å². The molecule has 0 fully saturated rings. The molecule has 0 bridgehead atoms. The molecule has 0 amide bonds. The number of aromatic nitrogens is 3. The van der Waals surface area contributed by atoms with Gasteiger partial charge in [0.15, 0.2) is 5.65 Å². The lowest BCUT2D eigenvalue weighted by molar-refractivity contribution is 0.956. The maximum absolute atomic E-state index is 4.53. The molecule has 0 spiro atoms. The van der Waals surface area contributed by atoms with Crippen molar-refractivity contribution in [3.8, 4) is 0 Å². The summed E-state index contributed by atoms with van der Waals surface area (Å²) in [7, 11) is 1.88. The molecule has 1 N–H and O–H groups in total. The molecule has 0 unspecified atom stereocenters. The largest absolute Gasteiger partial charge is 0.373 e. The summed E-state index contributed by atoms with van der Waals surface area (Å²) in [5.74, 6) is 0.892. The van der Waals surface area contributed by atoms with Crippen molar-refractivity contribution < 1.29 is 0 Å². The van der Waals surface area contributed by atoms with E-state index in [4.69, 9.17) is 0 Å². The molecule has 0 atom stereocenters. The van der Waals surface area contributed by atoms with Crippen LogP contribution in [0.15, 0.2) is 30.3 Å². The zero-order valence-corrected chi connectivity index (χ0v) is 9.23. The van der Waals surface area contributed by atoms with Gasteiger partial charge < -0.3 is 5.32 Å². The number of nitrogens with one attached hydrogen (secondary N) is 1. The van der Waals surface area contributed by atoms with E-state index in [1.165, 1.54) is 0 Å². The monoisotopic (exact) mass is 212 g/mol. The van der Waals surface area contributed by atoms with Gasteiger partial charge in [-0.2, -0.15) is 5.10 Å². The molecule has 0 radical (unpaired) electrons. The first-order valence-corrected chi connectivity index (χ1v) is 5.22. The van der Waals surface area contributed by atoms with Gasteiger partial charge in [-0.05, 0) is 19.1 Å². The molecule has 0 aliphatic heterocycles. The van der Waals surface area contributed by atoms with Crippen molar-refractivity contribution in [1.82, 2.24) is 14.6 Å². The Hall–Kier alpha value is -2.10. The minimum absolute atomic E-state index is 0.876. The molecular formula is C12H12N4. The van der Waals surface area contributed by atoms with E-state index in [0.717, 1.165) is 28.1 Å². The standard InChI is InChI=1S/C12H12N4/c1-8-7-11-14-12(13-2)9-5-3-4-6-10(9)16(11)15-8/h3-7H,1-2H3,(H,13,14). The number of hydrogen-bond acceptors (Lipinski definition) is 3. The summed E-state index contributed by atoms with van der Waals surface area (Å²) < 4.78 is 1.88. The van der Waals surface area contributed by atoms with Crippen LogP contribution in [0.25, 0.3) is 16.6 Å². The van der Waals surface area contributed by atoms with E-state index in [-0.39, 0.29) is 0 Å². The molecule has 0 aliphatic carbocycles. The quantitative estimate of drug-likeness (QED) is 0.672. The molecular weight excluding hydrogens is 200 g/mol. The summed E-state index contributed by atoms with van der Waals surface area (Å²) in [6.45, 7) is 1.97. The fourth-order valence-corrected chi connectivity index (χ4v) is 1.97. The van der Waals surface area contributed by atoms with E-state index in [0.29, 0.717) is 0 Å². The highest BCUT2D eigenvalue weighted by atomic mass is 15.3. The summed E-state index contributed by atoms with van der Waals surface area (Å²) in [6.07, 6.45) is 0. The fraction of sp³-hybridized carbons (Fsp3) is 0.167. The number of aryl methyl sites for hydroxylation is 1. The molecule has 2 aromatic heterocycles. The lowest BCUT2D eigenvalue weighted by atomic mass is 10.2. The Kier molecular flexibility index (Phi) is 1.83. The molecule has 0 saturated carbocycles. The third-order valence-electron chi connectivity index (χ3n) is 2.66. The van der Waals surface area contributed by atoms with Gasteiger partial charge in [0.1, 0.15) is 5.82 Å². The van der Waals surface area contributed by atoms with E-state index < -0.39 is 0 Å². The molecule has 0 saturated heterocycles. The average molecular weight is 212 g/mol. The van der Waals surface area contributed by atoms with Gasteiger partial charge in [-0.1, -0.05) is 12.1 Å². The highest BCUT2D eigenvalue weighted by molar-refractivity contribution is 5.91. The second kappa shape index (κ2) is 3.20. The van der Waals surface area contributed by atoms with Crippen molar-refractivity contribution in [2.75, 3.05) is 12.4 Å². The smallest absolute Gasteiger partial charge is 0.158 e. The van der Waals surface area contributed by atoms with Crippen LogP contribution in [-0.4, -0.2) is 21.6 Å². The summed E-state index contributed by atoms with van der Waals surface area (Å²) in [5, 5.41) is 8.65. The first kappa shape index (κ1) is 9.15. The lowest BCUT2D eigenvalue weighted by Crippen LogP contribution is -1.99. The van der Waals surface area contributed by atoms with Gasteiger partial charge in [-0.25, -0.2) is 9.50 Å². The van der Waals surface area contributed by atoms with Crippen LogP contribution in [-0.2, 0) is 0 Å². The molecule has 4 heteroatoms. The maximum Gasteiger partial charge on any atom is 0.158 e. The van der Waals surface area contributed by atoms with Gasteiger partial charge >= 0.3 is 0 Å². The molecule has 2 heterocycles. The summed E-state index contributed by atoms with van der Waals surface area (Å²) >= 11 is 0. The van der Waals surface area contributed by atoms with Crippen LogP contribution >= 0.6 is 0 Å². The third kappa shape index (κ3) is 1.16. The summed E-state index contributed by atoms with van der Waals surface area (Å²) in [5.41, 5.74) is 2.93. The van der Waals surface area contributed by atoms with E-state index in [2.05, 4.69) is 21.5 Å². The summed E-state index contributed by atoms with van der Waals surface area (Å²) in [6, 6.07) is 10.1. The Balaban J connectivity index is 2.56.